The number of ketones is 1. The van der Waals surface area contributed by atoms with Crippen molar-refractivity contribution in [3.8, 4) is 11.4 Å². The van der Waals surface area contributed by atoms with Crippen LogP contribution >= 0.6 is 0 Å². The van der Waals surface area contributed by atoms with Crippen molar-refractivity contribution < 1.29 is 14.2 Å². The second kappa shape index (κ2) is 4.84. The van der Waals surface area contributed by atoms with Gasteiger partial charge in [0.2, 0.25) is 11.7 Å². The lowest BCUT2D eigenvalue weighted by Crippen LogP contribution is -2.04. The molecule has 1 fully saturated rings. The van der Waals surface area contributed by atoms with Gasteiger partial charge in [0, 0.05) is 23.6 Å². The number of rotatable bonds is 5. The zero-order chi connectivity index (χ0) is 14.1. The fourth-order valence-corrected chi connectivity index (χ4v) is 1.87. The Morgan fingerprint density at radius 1 is 1.35 bits per heavy atom. The Morgan fingerprint density at radius 2 is 2.05 bits per heavy atom. The summed E-state index contributed by atoms with van der Waals surface area (Å²) >= 11 is 0. The van der Waals surface area contributed by atoms with Gasteiger partial charge in [0.1, 0.15) is 5.78 Å². The van der Waals surface area contributed by atoms with E-state index in [4.69, 9.17) is 4.52 Å². The van der Waals surface area contributed by atoms with Crippen LogP contribution in [0.4, 0.5) is 5.69 Å². The lowest BCUT2D eigenvalue weighted by Gasteiger charge is -1.94. The van der Waals surface area contributed by atoms with Gasteiger partial charge in [0.25, 0.3) is 5.69 Å². The molecule has 0 N–H and O–H groups in total. The van der Waals surface area contributed by atoms with Crippen LogP contribution in [0.2, 0.25) is 0 Å². The first-order chi connectivity index (χ1) is 9.63. The van der Waals surface area contributed by atoms with Crippen molar-refractivity contribution in [1.29, 1.82) is 0 Å². The Hall–Kier alpha value is -2.57. The Bertz CT molecular complexity index is 659. The molecule has 7 heteroatoms. The van der Waals surface area contributed by atoms with E-state index in [1.165, 1.54) is 12.1 Å². The lowest BCUT2D eigenvalue weighted by atomic mass is 10.2. The van der Waals surface area contributed by atoms with E-state index in [-0.39, 0.29) is 29.7 Å². The van der Waals surface area contributed by atoms with Crippen LogP contribution in [0.1, 0.15) is 18.7 Å². The molecular formula is C13H11N3O4. The standard InChI is InChI=1S/C13H11N3O4/c17-11(8-1-2-8)7-12-14-13(15-20-12)9-3-5-10(6-4-9)16(18)19/h3-6,8H,1-2,7H2. The van der Waals surface area contributed by atoms with Crippen LogP contribution in [0.5, 0.6) is 0 Å². The molecule has 0 atom stereocenters. The minimum absolute atomic E-state index is 0.00128. The molecule has 0 saturated heterocycles. The van der Waals surface area contributed by atoms with Gasteiger partial charge in [-0.15, -0.1) is 0 Å². The Labute approximate surface area is 113 Å². The molecule has 1 aromatic heterocycles. The average molecular weight is 273 g/mol. The molecule has 102 valence electrons. The molecule has 0 bridgehead atoms. The first kappa shape index (κ1) is 12.5. The van der Waals surface area contributed by atoms with Gasteiger partial charge >= 0.3 is 0 Å². The van der Waals surface area contributed by atoms with E-state index in [1.807, 2.05) is 0 Å². The molecule has 1 aliphatic rings. The summed E-state index contributed by atoms with van der Waals surface area (Å²) in [5.74, 6) is 0.905. The molecule has 20 heavy (non-hydrogen) atoms. The monoisotopic (exact) mass is 273 g/mol. The van der Waals surface area contributed by atoms with Gasteiger partial charge in [-0.3, -0.25) is 14.9 Å². The molecule has 2 aromatic rings. The summed E-state index contributed by atoms with van der Waals surface area (Å²) in [6.45, 7) is 0. The van der Waals surface area contributed by atoms with Crippen molar-refractivity contribution >= 4 is 11.5 Å². The average Bonchev–Trinajstić information content (AvgIpc) is 3.20. The van der Waals surface area contributed by atoms with Crippen LogP contribution < -0.4 is 0 Å². The summed E-state index contributed by atoms with van der Waals surface area (Å²) in [7, 11) is 0. The maximum Gasteiger partial charge on any atom is 0.269 e. The van der Waals surface area contributed by atoms with E-state index in [2.05, 4.69) is 10.1 Å². The van der Waals surface area contributed by atoms with E-state index in [0.29, 0.717) is 11.4 Å². The zero-order valence-corrected chi connectivity index (χ0v) is 10.5. The van der Waals surface area contributed by atoms with E-state index in [0.717, 1.165) is 12.8 Å². The summed E-state index contributed by atoms with van der Waals surface area (Å²) in [6, 6.07) is 5.85. The van der Waals surface area contributed by atoms with E-state index >= 15 is 0 Å². The van der Waals surface area contributed by atoms with Crippen molar-refractivity contribution in [1.82, 2.24) is 10.1 Å². The van der Waals surface area contributed by atoms with Crippen LogP contribution in [-0.4, -0.2) is 20.8 Å². The number of benzene rings is 1. The number of aromatic nitrogens is 2. The number of carbonyl (C=O) groups excluding carboxylic acids is 1. The summed E-state index contributed by atoms with van der Waals surface area (Å²) < 4.78 is 5.03. The highest BCUT2D eigenvalue weighted by atomic mass is 16.6. The molecule has 7 nitrogen and oxygen atoms in total. The molecule has 1 heterocycles. The second-order valence-corrected chi connectivity index (χ2v) is 4.73. The van der Waals surface area contributed by atoms with Crippen LogP contribution in [-0.2, 0) is 11.2 Å². The van der Waals surface area contributed by atoms with Gasteiger partial charge in [0.15, 0.2) is 0 Å². The first-order valence-electron chi connectivity index (χ1n) is 6.23. The molecule has 0 radical (unpaired) electrons. The SMILES string of the molecule is O=C(Cc1nc(-c2ccc([N+](=O)[O-])cc2)no1)C1CC1. The smallest absolute Gasteiger partial charge is 0.269 e. The highest BCUT2D eigenvalue weighted by molar-refractivity contribution is 5.84. The van der Waals surface area contributed by atoms with Gasteiger partial charge in [-0.1, -0.05) is 5.16 Å². The fraction of sp³-hybridized carbons (Fsp3) is 0.308. The lowest BCUT2D eigenvalue weighted by molar-refractivity contribution is -0.384. The normalized spacial score (nSPS) is 14.2. The van der Waals surface area contributed by atoms with Crippen LogP contribution in [0.25, 0.3) is 11.4 Å². The predicted octanol–water partition coefficient (Wildman–Crippen LogP) is 2.17. The van der Waals surface area contributed by atoms with Crippen molar-refractivity contribution in [2.75, 3.05) is 0 Å². The van der Waals surface area contributed by atoms with Gasteiger partial charge in [-0.05, 0) is 25.0 Å². The Balaban J connectivity index is 1.75. The molecule has 0 spiro atoms. The summed E-state index contributed by atoms with van der Waals surface area (Å²) in [4.78, 5) is 25.9. The number of carbonyl (C=O) groups is 1. The number of nitrogens with zero attached hydrogens (tertiary/aromatic N) is 3. The minimum atomic E-state index is -0.472. The highest BCUT2D eigenvalue weighted by Gasteiger charge is 2.30. The summed E-state index contributed by atoms with van der Waals surface area (Å²) in [5.41, 5.74) is 0.617. The quantitative estimate of drug-likeness (QED) is 0.611. The molecular weight excluding hydrogens is 262 g/mol. The third-order valence-corrected chi connectivity index (χ3v) is 3.16. The maximum absolute atomic E-state index is 11.6. The Kier molecular flexibility index (Phi) is 3.02. The van der Waals surface area contributed by atoms with Crippen molar-refractivity contribution in [2.45, 2.75) is 19.3 Å². The minimum Gasteiger partial charge on any atom is -0.339 e. The molecule has 1 aliphatic carbocycles. The molecule has 3 rings (SSSR count). The Morgan fingerprint density at radius 3 is 2.65 bits per heavy atom. The van der Waals surface area contributed by atoms with Crippen LogP contribution in [0.15, 0.2) is 28.8 Å². The predicted molar refractivity (Wildman–Crippen MR) is 67.8 cm³/mol. The van der Waals surface area contributed by atoms with Crippen molar-refractivity contribution in [2.24, 2.45) is 5.92 Å². The van der Waals surface area contributed by atoms with Gasteiger partial charge in [-0.2, -0.15) is 4.98 Å². The van der Waals surface area contributed by atoms with Gasteiger partial charge in [-0.25, -0.2) is 0 Å². The van der Waals surface area contributed by atoms with Gasteiger partial charge < -0.3 is 4.52 Å². The zero-order valence-electron chi connectivity index (χ0n) is 10.5. The van der Waals surface area contributed by atoms with E-state index < -0.39 is 4.92 Å². The number of non-ortho nitro benzene ring substituents is 1. The number of nitro groups is 1. The molecule has 0 amide bonds. The first-order valence-corrected chi connectivity index (χ1v) is 6.23. The van der Waals surface area contributed by atoms with Crippen LogP contribution in [0.3, 0.4) is 0 Å². The van der Waals surface area contributed by atoms with Crippen LogP contribution in [0, 0.1) is 16.0 Å². The van der Waals surface area contributed by atoms with Crippen molar-refractivity contribution in [3.63, 3.8) is 0 Å². The maximum atomic E-state index is 11.6. The van der Waals surface area contributed by atoms with Gasteiger partial charge in [0.05, 0.1) is 11.3 Å². The number of nitro benzene ring substituents is 1. The molecule has 0 aliphatic heterocycles. The molecule has 0 unspecified atom stereocenters. The summed E-state index contributed by atoms with van der Waals surface area (Å²) in [6.07, 6.45) is 2.05. The highest BCUT2D eigenvalue weighted by Crippen LogP contribution is 2.31. The number of Topliss-reactive ketones (excluding diaryl/α,β-unsaturated/α-hetero) is 1. The molecule has 1 aromatic carbocycles. The topological polar surface area (TPSA) is 99.1 Å². The third-order valence-electron chi connectivity index (χ3n) is 3.16. The fourth-order valence-electron chi connectivity index (χ4n) is 1.87. The summed E-state index contributed by atoms with van der Waals surface area (Å²) in [5, 5.41) is 14.3. The van der Waals surface area contributed by atoms with Crippen molar-refractivity contribution in [3.05, 3.63) is 40.3 Å². The molecule has 1 saturated carbocycles. The van der Waals surface area contributed by atoms with E-state index in [9.17, 15) is 14.9 Å². The largest absolute Gasteiger partial charge is 0.339 e. The second-order valence-electron chi connectivity index (χ2n) is 4.73. The van der Waals surface area contributed by atoms with E-state index in [1.54, 1.807) is 12.1 Å². The number of hydrogen-bond acceptors (Lipinski definition) is 6. The third kappa shape index (κ3) is 2.56. The number of hydrogen-bond donors (Lipinski definition) is 0.